The maximum Gasteiger partial charge on any atom is 0.318 e. The fourth-order valence-electron chi connectivity index (χ4n) is 2.64. The highest BCUT2D eigenvalue weighted by molar-refractivity contribution is 5.96. The summed E-state index contributed by atoms with van der Waals surface area (Å²) >= 11 is 0. The number of hydrogen-bond donors (Lipinski definition) is 0. The van der Waals surface area contributed by atoms with Gasteiger partial charge in [-0.1, -0.05) is 30.3 Å². The zero-order chi connectivity index (χ0) is 11.2. The molecule has 0 radical (unpaired) electrons. The lowest BCUT2D eigenvalue weighted by Crippen LogP contribution is -2.24. The van der Waals surface area contributed by atoms with Crippen LogP contribution in [0.25, 0.3) is 0 Å². The molecule has 1 atom stereocenters. The molecule has 2 aliphatic rings. The first-order chi connectivity index (χ1) is 7.72. The summed E-state index contributed by atoms with van der Waals surface area (Å²) in [5.74, 6) is -0.981. The molecule has 3 nitrogen and oxygen atoms in total. The average Bonchev–Trinajstić information content (AvgIpc) is 3.02. The number of carbonyl (C=O) groups is 2. The molecular weight excluding hydrogens is 204 g/mol. The van der Waals surface area contributed by atoms with E-state index in [-0.39, 0.29) is 29.7 Å². The molecule has 0 amide bonds. The quantitative estimate of drug-likeness (QED) is 0.559. The van der Waals surface area contributed by atoms with Gasteiger partial charge in [-0.05, 0) is 18.4 Å². The van der Waals surface area contributed by atoms with Crippen LogP contribution in [0.15, 0.2) is 30.3 Å². The van der Waals surface area contributed by atoms with Crippen LogP contribution in [0.3, 0.4) is 0 Å². The summed E-state index contributed by atoms with van der Waals surface area (Å²) < 4.78 is 4.64. The minimum Gasteiger partial charge on any atom is -0.393 e. The lowest BCUT2D eigenvalue weighted by Gasteiger charge is -2.19. The predicted molar refractivity (Wildman–Crippen MR) is 56.6 cm³/mol. The molecule has 1 aromatic carbocycles. The van der Waals surface area contributed by atoms with Gasteiger partial charge in [-0.15, -0.1) is 0 Å². The first kappa shape index (κ1) is 9.58. The number of benzene rings is 1. The van der Waals surface area contributed by atoms with Crippen molar-refractivity contribution in [1.29, 1.82) is 0 Å². The van der Waals surface area contributed by atoms with Gasteiger partial charge in [0.1, 0.15) is 0 Å². The summed E-state index contributed by atoms with van der Waals surface area (Å²) in [7, 11) is 0. The van der Waals surface area contributed by atoms with E-state index in [1.54, 1.807) is 0 Å². The van der Waals surface area contributed by atoms with Crippen LogP contribution in [-0.4, -0.2) is 11.9 Å². The lowest BCUT2D eigenvalue weighted by molar-refractivity contribution is -0.153. The lowest BCUT2D eigenvalue weighted by atomic mass is 9.82. The smallest absolute Gasteiger partial charge is 0.318 e. The van der Waals surface area contributed by atoms with Gasteiger partial charge in [0.25, 0.3) is 0 Å². The summed E-state index contributed by atoms with van der Waals surface area (Å²) in [6.07, 6.45) is 2.20. The molecule has 1 aromatic rings. The van der Waals surface area contributed by atoms with E-state index in [0.29, 0.717) is 0 Å². The highest BCUT2D eigenvalue weighted by Crippen LogP contribution is 2.56. The van der Waals surface area contributed by atoms with Crippen LogP contribution in [0.2, 0.25) is 0 Å². The molecule has 2 fully saturated rings. The van der Waals surface area contributed by atoms with Crippen LogP contribution in [0, 0.1) is 5.92 Å². The van der Waals surface area contributed by atoms with Crippen LogP contribution in [-0.2, 0) is 19.7 Å². The summed E-state index contributed by atoms with van der Waals surface area (Å²) in [6, 6.07) is 9.96. The van der Waals surface area contributed by atoms with E-state index >= 15 is 0 Å². The molecule has 3 rings (SSSR count). The number of ether oxygens (including phenoxy) is 1. The predicted octanol–water partition coefficient (Wildman–Crippen LogP) is 1.81. The van der Waals surface area contributed by atoms with Crippen molar-refractivity contribution in [1.82, 2.24) is 0 Å². The van der Waals surface area contributed by atoms with Gasteiger partial charge in [-0.25, -0.2) is 0 Å². The van der Waals surface area contributed by atoms with Crippen molar-refractivity contribution in [2.24, 2.45) is 5.92 Å². The molecule has 1 aliphatic heterocycles. The Labute approximate surface area is 93.4 Å². The number of esters is 2. The van der Waals surface area contributed by atoms with Crippen molar-refractivity contribution in [2.75, 3.05) is 0 Å². The van der Waals surface area contributed by atoms with Gasteiger partial charge >= 0.3 is 11.9 Å². The molecule has 1 unspecified atom stereocenters. The highest BCUT2D eigenvalue weighted by atomic mass is 16.6. The second-order valence-electron chi connectivity index (χ2n) is 4.57. The topological polar surface area (TPSA) is 43.4 Å². The van der Waals surface area contributed by atoms with Gasteiger partial charge in [-0.3, -0.25) is 9.59 Å². The van der Waals surface area contributed by atoms with Crippen molar-refractivity contribution in [3.63, 3.8) is 0 Å². The van der Waals surface area contributed by atoms with Gasteiger partial charge in [0, 0.05) is 5.41 Å². The minimum atomic E-state index is -0.378. The Morgan fingerprint density at radius 2 is 1.81 bits per heavy atom. The average molecular weight is 216 g/mol. The Balaban J connectivity index is 1.95. The monoisotopic (exact) mass is 216 g/mol. The molecule has 1 heterocycles. The van der Waals surface area contributed by atoms with E-state index in [2.05, 4.69) is 4.74 Å². The summed E-state index contributed by atoms with van der Waals surface area (Å²) in [5, 5.41) is 0. The van der Waals surface area contributed by atoms with E-state index in [4.69, 9.17) is 0 Å². The van der Waals surface area contributed by atoms with Gasteiger partial charge in [-0.2, -0.15) is 0 Å². The van der Waals surface area contributed by atoms with Crippen LogP contribution >= 0.6 is 0 Å². The zero-order valence-corrected chi connectivity index (χ0v) is 8.81. The first-order valence-electron chi connectivity index (χ1n) is 5.52. The van der Waals surface area contributed by atoms with Crippen LogP contribution in [0.1, 0.15) is 24.8 Å². The summed E-state index contributed by atoms with van der Waals surface area (Å²) in [5.41, 5.74) is 1.04. The van der Waals surface area contributed by atoms with E-state index in [1.165, 1.54) is 0 Å². The van der Waals surface area contributed by atoms with E-state index in [9.17, 15) is 9.59 Å². The Morgan fingerprint density at radius 1 is 1.12 bits per heavy atom. The Hall–Kier alpha value is -1.64. The van der Waals surface area contributed by atoms with E-state index in [1.807, 2.05) is 30.3 Å². The molecule has 16 heavy (non-hydrogen) atoms. The first-order valence-corrected chi connectivity index (χ1v) is 5.52. The third-order valence-corrected chi connectivity index (χ3v) is 3.67. The van der Waals surface area contributed by atoms with Gasteiger partial charge in [0.15, 0.2) is 0 Å². The van der Waals surface area contributed by atoms with Crippen molar-refractivity contribution in [2.45, 2.75) is 24.7 Å². The molecule has 3 heteroatoms. The number of cyclic esters (lactones) is 2. The fraction of sp³-hybridized carbons (Fsp3) is 0.385. The maximum atomic E-state index is 11.6. The highest BCUT2D eigenvalue weighted by Gasteiger charge is 2.57. The molecule has 1 saturated heterocycles. The molecule has 1 aliphatic carbocycles. The summed E-state index contributed by atoms with van der Waals surface area (Å²) in [6.45, 7) is 0. The van der Waals surface area contributed by atoms with Crippen LogP contribution < -0.4 is 0 Å². The van der Waals surface area contributed by atoms with Crippen LogP contribution in [0.4, 0.5) is 0 Å². The largest absolute Gasteiger partial charge is 0.393 e. The van der Waals surface area contributed by atoms with Gasteiger partial charge in [0.05, 0.1) is 12.3 Å². The van der Waals surface area contributed by atoms with Crippen molar-refractivity contribution >= 4 is 11.9 Å². The van der Waals surface area contributed by atoms with E-state index in [0.717, 1.165) is 18.4 Å². The molecule has 0 spiro atoms. The standard InChI is InChI=1S/C13H12O3/c14-11-8-10(12(15)16-11)13(6-7-13)9-4-2-1-3-5-9/h1-5,10H,6-8H2. The van der Waals surface area contributed by atoms with Gasteiger partial charge < -0.3 is 4.74 Å². The molecule has 82 valence electrons. The van der Waals surface area contributed by atoms with Crippen molar-refractivity contribution in [3.05, 3.63) is 35.9 Å². The SMILES string of the molecule is O=C1CC(C2(c3ccccc3)CC2)C(=O)O1. The molecule has 0 aromatic heterocycles. The van der Waals surface area contributed by atoms with Crippen molar-refractivity contribution in [3.8, 4) is 0 Å². The Kier molecular flexibility index (Phi) is 1.90. The molecule has 0 bridgehead atoms. The Morgan fingerprint density at radius 3 is 2.31 bits per heavy atom. The zero-order valence-electron chi connectivity index (χ0n) is 8.81. The maximum absolute atomic E-state index is 11.6. The second kappa shape index (κ2) is 3.17. The fourth-order valence-corrected chi connectivity index (χ4v) is 2.64. The van der Waals surface area contributed by atoms with E-state index < -0.39 is 0 Å². The second-order valence-corrected chi connectivity index (χ2v) is 4.57. The number of hydrogen-bond acceptors (Lipinski definition) is 3. The summed E-state index contributed by atoms with van der Waals surface area (Å²) in [4.78, 5) is 22.7. The molecular formula is C13H12O3. The third-order valence-electron chi connectivity index (χ3n) is 3.67. The third kappa shape index (κ3) is 1.28. The normalized spacial score (nSPS) is 26.6. The molecule has 0 N–H and O–H groups in total. The number of carbonyl (C=O) groups excluding carboxylic acids is 2. The van der Waals surface area contributed by atoms with Crippen LogP contribution in [0.5, 0.6) is 0 Å². The number of rotatable bonds is 2. The van der Waals surface area contributed by atoms with Crippen molar-refractivity contribution < 1.29 is 14.3 Å². The Bertz CT molecular complexity index is 446. The minimum absolute atomic E-state index is 0.121. The molecule has 1 saturated carbocycles. The van der Waals surface area contributed by atoms with Gasteiger partial charge in [0.2, 0.25) is 0 Å².